The summed E-state index contributed by atoms with van der Waals surface area (Å²) in [7, 11) is 0. The van der Waals surface area contributed by atoms with Gasteiger partial charge in [0.15, 0.2) is 5.78 Å². The van der Waals surface area contributed by atoms with Crippen LogP contribution in [-0.4, -0.2) is 5.78 Å². The van der Waals surface area contributed by atoms with E-state index in [1.54, 1.807) is 0 Å². The van der Waals surface area contributed by atoms with Gasteiger partial charge in [-0.1, -0.05) is 66.7 Å². The lowest BCUT2D eigenvalue weighted by Crippen LogP contribution is -2.17. The number of ether oxygens (including phenoxy) is 1. The third-order valence-electron chi connectivity index (χ3n) is 3.94. The molecule has 0 spiro atoms. The molecule has 0 fully saturated rings. The van der Waals surface area contributed by atoms with Gasteiger partial charge in [0.1, 0.15) is 6.10 Å². The number of benzene rings is 2. The summed E-state index contributed by atoms with van der Waals surface area (Å²) in [6, 6.07) is 20.1. The maximum atomic E-state index is 12.3. The lowest BCUT2D eigenvalue weighted by molar-refractivity contribution is -0.117. The number of ketones is 1. The first-order valence-corrected chi connectivity index (χ1v) is 7.78. The van der Waals surface area contributed by atoms with E-state index in [-0.39, 0.29) is 11.9 Å². The van der Waals surface area contributed by atoms with Crippen molar-refractivity contribution in [3.63, 3.8) is 0 Å². The minimum absolute atomic E-state index is 0.216. The van der Waals surface area contributed by atoms with Crippen molar-refractivity contribution in [2.45, 2.75) is 32.0 Å². The van der Waals surface area contributed by atoms with Crippen molar-refractivity contribution in [2.75, 3.05) is 0 Å². The summed E-state index contributed by atoms with van der Waals surface area (Å²) in [4.78, 5) is 12.3. The highest BCUT2D eigenvalue weighted by molar-refractivity contribution is 5.97. The molecule has 2 aromatic rings. The molecule has 0 N–H and O–H groups in total. The van der Waals surface area contributed by atoms with Gasteiger partial charge in [0.25, 0.3) is 0 Å². The monoisotopic (exact) mass is 292 g/mol. The van der Waals surface area contributed by atoms with Crippen molar-refractivity contribution in [3.05, 3.63) is 83.4 Å². The normalized spacial score (nSPS) is 16.2. The minimum Gasteiger partial charge on any atom is -0.364 e. The highest BCUT2D eigenvalue weighted by atomic mass is 16.5. The van der Waals surface area contributed by atoms with Crippen LogP contribution >= 0.6 is 0 Å². The Hall–Kier alpha value is -2.19. The summed E-state index contributed by atoms with van der Waals surface area (Å²) >= 11 is 0. The number of rotatable bonds is 5. The molecule has 0 amide bonds. The van der Waals surface area contributed by atoms with Crippen LogP contribution in [0.1, 0.15) is 36.5 Å². The van der Waals surface area contributed by atoms with Gasteiger partial charge in [-0.3, -0.25) is 4.79 Å². The van der Waals surface area contributed by atoms with Crippen LogP contribution in [0, 0.1) is 0 Å². The maximum absolute atomic E-state index is 12.3. The van der Waals surface area contributed by atoms with Crippen molar-refractivity contribution in [2.24, 2.45) is 0 Å². The Kier molecular flexibility index (Phi) is 4.81. The third kappa shape index (κ3) is 3.52. The zero-order valence-electron chi connectivity index (χ0n) is 12.6. The van der Waals surface area contributed by atoms with Crippen LogP contribution < -0.4 is 0 Å². The highest BCUT2D eigenvalue weighted by Crippen LogP contribution is 2.31. The van der Waals surface area contributed by atoms with Gasteiger partial charge in [0, 0.05) is 12.0 Å². The molecule has 0 radical (unpaired) electrons. The molecule has 3 rings (SSSR count). The SMILES string of the molecule is O=C1CCCC=C1C(OCc1ccccc1)c1ccccc1. The standard InChI is InChI=1S/C20H20O2/c21-19-14-8-7-13-18(19)20(17-11-5-2-6-12-17)22-15-16-9-3-1-4-10-16/h1-6,9-13,20H,7-8,14-15H2. The van der Waals surface area contributed by atoms with E-state index in [0.717, 1.165) is 29.5 Å². The molecule has 112 valence electrons. The van der Waals surface area contributed by atoms with E-state index in [0.29, 0.717) is 13.0 Å². The number of hydrogen-bond acceptors (Lipinski definition) is 2. The van der Waals surface area contributed by atoms with Crippen LogP contribution in [0.4, 0.5) is 0 Å². The van der Waals surface area contributed by atoms with Crippen molar-refractivity contribution >= 4 is 5.78 Å². The Morgan fingerprint density at radius 3 is 2.32 bits per heavy atom. The van der Waals surface area contributed by atoms with Crippen molar-refractivity contribution < 1.29 is 9.53 Å². The Balaban J connectivity index is 1.83. The molecule has 0 heterocycles. The molecule has 0 bridgehead atoms. The first-order chi connectivity index (χ1) is 10.8. The van der Waals surface area contributed by atoms with Crippen molar-refractivity contribution in [1.82, 2.24) is 0 Å². The second-order valence-corrected chi connectivity index (χ2v) is 5.56. The summed E-state index contributed by atoms with van der Waals surface area (Å²) in [6.07, 6.45) is 4.31. The van der Waals surface area contributed by atoms with Gasteiger partial charge in [-0.05, 0) is 24.0 Å². The Labute approximate surface area is 131 Å². The largest absolute Gasteiger partial charge is 0.364 e. The van der Waals surface area contributed by atoms with E-state index in [2.05, 4.69) is 6.08 Å². The molecule has 0 saturated heterocycles. The summed E-state index contributed by atoms with van der Waals surface area (Å²) in [6.45, 7) is 0.505. The minimum atomic E-state index is -0.269. The topological polar surface area (TPSA) is 26.3 Å². The average molecular weight is 292 g/mol. The Morgan fingerprint density at radius 1 is 0.955 bits per heavy atom. The van der Waals surface area contributed by atoms with E-state index >= 15 is 0 Å². The van der Waals surface area contributed by atoms with Crippen molar-refractivity contribution in [3.8, 4) is 0 Å². The van der Waals surface area contributed by atoms with Gasteiger partial charge >= 0.3 is 0 Å². The van der Waals surface area contributed by atoms with Crippen molar-refractivity contribution in [1.29, 1.82) is 0 Å². The summed E-state index contributed by atoms with van der Waals surface area (Å²) in [5.74, 6) is 0.216. The van der Waals surface area contributed by atoms with Gasteiger partial charge < -0.3 is 4.74 Å². The van der Waals surface area contributed by atoms with E-state index in [9.17, 15) is 4.79 Å². The van der Waals surface area contributed by atoms with E-state index in [1.807, 2.05) is 60.7 Å². The second kappa shape index (κ2) is 7.19. The molecular formula is C20H20O2. The zero-order chi connectivity index (χ0) is 15.2. The fraction of sp³-hybridized carbons (Fsp3) is 0.250. The van der Waals surface area contributed by atoms with Crippen LogP contribution in [0.25, 0.3) is 0 Å². The van der Waals surface area contributed by atoms with Gasteiger partial charge in [-0.15, -0.1) is 0 Å². The van der Waals surface area contributed by atoms with Crippen LogP contribution in [0.15, 0.2) is 72.3 Å². The Morgan fingerprint density at radius 2 is 1.64 bits per heavy atom. The third-order valence-corrected chi connectivity index (χ3v) is 3.94. The fourth-order valence-electron chi connectivity index (χ4n) is 2.78. The van der Waals surface area contributed by atoms with Gasteiger partial charge in [0.2, 0.25) is 0 Å². The van der Waals surface area contributed by atoms with Gasteiger partial charge in [0.05, 0.1) is 6.61 Å². The van der Waals surface area contributed by atoms with Crippen LogP contribution in [0.2, 0.25) is 0 Å². The maximum Gasteiger partial charge on any atom is 0.161 e. The average Bonchev–Trinajstić information content (AvgIpc) is 2.58. The summed E-state index contributed by atoms with van der Waals surface area (Å²) < 4.78 is 6.14. The zero-order valence-corrected chi connectivity index (χ0v) is 12.6. The van der Waals surface area contributed by atoms with Crippen LogP contribution in [-0.2, 0) is 16.1 Å². The first kappa shape index (κ1) is 14.7. The smallest absolute Gasteiger partial charge is 0.161 e. The number of carbonyl (C=O) groups is 1. The molecule has 2 nitrogen and oxygen atoms in total. The van der Waals surface area contributed by atoms with Crippen LogP contribution in [0.5, 0.6) is 0 Å². The highest BCUT2D eigenvalue weighted by Gasteiger charge is 2.24. The molecule has 2 aromatic carbocycles. The lowest BCUT2D eigenvalue weighted by atomic mass is 9.90. The lowest BCUT2D eigenvalue weighted by Gasteiger charge is -2.23. The summed E-state index contributed by atoms with van der Waals surface area (Å²) in [5, 5.41) is 0. The molecule has 1 aliphatic carbocycles. The quantitative estimate of drug-likeness (QED) is 0.803. The number of Topliss-reactive ketones (excluding diaryl/α,β-unsaturated/α-hetero) is 1. The Bertz CT molecular complexity index is 644. The second-order valence-electron chi connectivity index (χ2n) is 5.56. The molecule has 1 aliphatic rings. The number of allylic oxidation sites excluding steroid dienone is 1. The predicted octanol–water partition coefficient (Wildman–Crippen LogP) is 4.62. The molecule has 0 saturated carbocycles. The fourth-order valence-corrected chi connectivity index (χ4v) is 2.78. The summed E-state index contributed by atoms with van der Waals surface area (Å²) in [5.41, 5.74) is 2.97. The molecule has 1 atom stereocenters. The predicted molar refractivity (Wildman–Crippen MR) is 87.4 cm³/mol. The number of hydrogen-bond donors (Lipinski definition) is 0. The molecule has 22 heavy (non-hydrogen) atoms. The van der Waals surface area contributed by atoms with E-state index in [1.165, 1.54) is 0 Å². The first-order valence-electron chi connectivity index (χ1n) is 7.78. The molecular weight excluding hydrogens is 272 g/mol. The van der Waals surface area contributed by atoms with Gasteiger partial charge in [-0.2, -0.15) is 0 Å². The number of carbonyl (C=O) groups excluding carboxylic acids is 1. The molecule has 2 heteroatoms. The molecule has 0 aliphatic heterocycles. The van der Waals surface area contributed by atoms with Crippen LogP contribution in [0.3, 0.4) is 0 Å². The molecule has 1 unspecified atom stereocenters. The van der Waals surface area contributed by atoms with Gasteiger partial charge in [-0.25, -0.2) is 0 Å². The molecule has 0 aromatic heterocycles. The van der Waals surface area contributed by atoms with E-state index < -0.39 is 0 Å². The van der Waals surface area contributed by atoms with E-state index in [4.69, 9.17) is 4.74 Å².